The van der Waals surface area contributed by atoms with Gasteiger partial charge in [0, 0.05) is 32.7 Å². The summed E-state index contributed by atoms with van der Waals surface area (Å²) in [5.41, 5.74) is 1.29. The van der Waals surface area contributed by atoms with E-state index in [9.17, 15) is 9.59 Å². The molecule has 4 nitrogen and oxygen atoms in total. The molecule has 2 N–H and O–H groups in total. The van der Waals surface area contributed by atoms with E-state index in [0.717, 1.165) is 28.2 Å². The van der Waals surface area contributed by atoms with Crippen molar-refractivity contribution in [1.82, 2.24) is 10.6 Å². The van der Waals surface area contributed by atoms with Crippen LogP contribution in [0.25, 0.3) is 0 Å². The molecule has 0 heterocycles. The maximum Gasteiger partial charge on any atom is 0.251 e. The van der Waals surface area contributed by atoms with Crippen LogP contribution in [0.3, 0.4) is 0 Å². The second-order valence-electron chi connectivity index (χ2n) is 9.43. The number of benzene rings is 2. The molecule has 160 valence electrons. The molecule has 3 rings (SSSR count). The minimum absolute atomic E-state index is 0.0496. The van der Waals surface area contributed by atoms with E-state index in [-0.39, 0.29) is 28.7 Å². The summed E-state index contributed by atoms with van der Waals surface area (Å²) in [5, 5.41) is 6.32. The summed E-state index contributed by atoms with van der Waals surface area (Å²) in [4.78, 5) is 25.3. The Morgan fingerprint density at radius 2 is 1.37 bits per heavy atom. The highest BCUT2D eigenvalue weighted by molar-refractivity contribution is 9.10. The van der Waals surface area contributed by atoms with Gasteiger partial charge in [0.1, 0.15) is 0 Å². The SMILES string of the molecule is CC1(C)C[C@@H](NC(=O)c2ccc(Br)cc2)C[C@@](C)(CNC(=O)c2ccc(Br)cc2)C1. The number of amides is 2. The topological polar surface area (TPSA) is 58.2 Å². The van der Waals surface area contributed by atoms with E-state index in [0.29, 0.717) is 17.7 Å². The van der Waals surface area contributed by atoms with Gasteiger partial charge in [0.2, 0.25) is 0 Å². The number of hydrogen-bond acceptors (Lipinski definition) is 2. The predicted molar refractivity (Wildman–Crippen MR) is 128 cm³/mol. The van der Waals surface area contributed by atoms with Crippen molar-refractivity contribution in [3.63, 3.8) is 0 Å². The zero-order valence-electron chi connectivity index (χ0n) is 17.6. The molecule has 2 atom stereocenters. The van der Waals surface area contributed by atoms with Crippen LogP contribution in [0, 0.1) is 10.8 Å². The zero-order valence-corrected chi connectivity index (χ0v) is 20.8. The molecule has 2 aromatic carbocycles. The van der Waals surface area contributed by atoms with Gasteiger partial charge in [-0.25, -0.2) is 0 Å². The predicted octanol–water partition coefficient (Wildman–Crippen LogP) is 5.96. The van der Waals surface area contributed by atoms with E-state index in [1.54, 1.807) is 0 Å². The highest BCUT2D eigenvalue weighted by atomic mass is 79.9. The van der Waals surface area contributed by atoms with E-state index in [4.69, 9.17) is 0 Å². The third-order valence-corrected chi connectivity index (χ3v) is 6.72. The molecule has 1 aliphatic carbocycles. The third-order valence-electron chi connectivity index (χ3n) is 5.67. The summed E-state index contributed by atoms with van der Waals surface area (Å²) in [6.45, 7) is 7.25. The molecule has 0 unspecified atom stereocenters. The highest BCUT2D eigenvalue weighted by Crippen LogP contribution is 2.45. The standard InChI is InChI=1S/C24H28Br2N2O2/c1-23(2)12-20(28-22(30)17-6-10-19(26)11-7-17)13-24(3,14-23)15-27-21(29)16-4-8-18(25)9-5-16/h4-11,20H,12-15H2,1-3H3,(H,27,29)(H,28,30)/t20-,24-/m1/s1. The van der Waals surface area contributed by atoms with Crippen molar-refractivity contribution >= 4 is 43.7 Å². The van der Waals surface area contributed by atoms with Gasteiger partial charge in [-0.2, -0.15) is 0 Å². The minimum Gasteiger partial charge on any atom is -0.351 e. The van der Waals surface area contributed by atoms with E-state index >= 15 is 0 Å². The van der Waals surface area contributed by atoms with Crippen LogP contribution in [0.5, 0.6) is 0 Å². The summed E-state index contributed by atoms with van der Waals surface area (Å²) in [7, 11) is 0. The van der Waals surface area contributed by atoms with E-state index in [1.165, 1.54) is 0 Å². The van der Waals surface area contributed by atoms with Crippen molar-refractivity contribution in [2.45, 2.75) is 46.1 Å². The summed E-state index contributed by atoms with van der Waals surface area (Å²) < 4.78 is 1.90. The van der Waals surface area contributed by atoms with Crippen LogP contribution < -0.4 is 10.6 Å². The Morgan fingerprint density at radius 1 is 0.867 bits per heavy atom. The van der Waals surface area contributed by atoms with Crippen LogP contribution in [-0.2, 0) is 0 Å². The number of hydrogen-bond donors (Lipinski definition) is 2. The summed E-state index contributed by atoms with van der Waals surface area (Å²) in [6, 6.07) is 14.8. The van der Waals surface area contributed by atoms with E-state index < -0.39 is 0 Å². The number of rotatable bonds is 5. The summed E-state index contributed by atoms with van der Waals surface area (Å²) in [6.07, 6.45) is 2.75. The summed E-state index contributed by atoms with van der Waals surface area (Å²) in [5.74, 6) is -0.117. The fraction of sp³-hybridized carbons (Fsp3) is 0.417. The molecule has 30 heavy (non-hydrogen) atoms. The van der Waals surface area contributed by atoms with Crippen LogP contribution in [0.1, 0.15) is 60.7 Å². The van der Waals surface area contributed by atoms with Gasteiger partial charge in [-0.15, -0.1) is 0 Å². The molecule has 2 aromatic rings. The normalized spacial score (nSPS) is 22.9. The first-order valence-electron chi connectivity index (χ1n) is 10.2. The molecule has 0 aromatic heterocycles. The van der Waals surface area contributed by atoms with Gasteiger partial charge in [0.05, 0.1) is 0 Å². The van der Waals surface area contributed by atoms with Crippen molar-refractivity contribution in [3.8, 4) is 0 Å². The quantitative estimate of drug-likeness (QED) is 0.496. The van der Waals surface area contributed by atoms with Crippen molar-refractivity contribution in [1.29, 1.82) is 0 Å². The van der Waals surface area contributed by atoms with Gasteiger partial charge >= 0.3 is 0 Å². The monoisotopic (exact) mass is 534 g/mol. The zero-order chi connectivity index (χ0) is 21.9. The Kier molecular flexibility index (Phi) is 7.08. The van der Waals surface area contributed by atoms with E-state index in [2.05, 4.69) is 63.3 Å². The van der Waals surface area contributed by atoms with Gasteiger partial charge in [-0.1, -0.05) is 52.6 Å². The largest absolute Gasteiger partial charge is 0.351 e. The fourth-order valence-electron chi connectivity index (χ4n) is 4.74. The van der Waals surface area contributed by atoms with Crippen LogP contribution in [0.15, 0.2) is 57.5 Å². The van der Waals surface area contributed by atoms with Crippen LogP contribution >= 0.6 is 31.9 Å². The Bertz CT molecular complexity index is 910. The second kappa shape index (κ2) is 9.23. The average Bonchev–Trinajstić information content (AvgIpc) is 2.65. The lowest BCUT2D eigenvalue weighted by Crippen LogP contribution is -2.50. The van der Waals surface area contributed by atoms with Gasteiger partial charge in [-0.05, 0) is 78.6 Å². The molecular formula is C24H28Br2N2O2. The molecule has 0 spiro atoms. The van der Waals surface area contributed by atoms with Crippen LogP contribution in [-0.4, -0.2) is 24.4 Å². The molecule has 0 bridgehead atoms. The highest BCUT2D eigenvalue weighted by Gasteiger charge is 2.41. The molecule has 1 saturated carbocycles. The van der Waals surface area contributed by atoms with Gasteiger partial charge < -0.3 is 10.6 Å². The minimum atomic E-state index is -0.0928. The number of carbonyl (C=O) groups is 2. The maximum atomic E-state index is 12.7. The lowest BCUT2D eigenvalue weighted by Gasteiger charge is -2.47. The second-order valence-corrected chi connectivity index (χ2v) is 11.3. The molecule has 0 radical (unpaired) electrons. The first-order valence-corrected chi connectivity index (χ1v) is 11.7. The summed E-state index contributed by atoms with van der Waals surface area (Å²) >= 11 is 6.80. The number of nitrogens with one attached hydrogen (secondary N) is 2. The van der Waals surface area contributed by atoms with Crippen molar-refractivity contribution in [2.75, 3.05) is 6.54 Å². The Morgan fingerprint density at radius 3 is 1.90 bits per heavy atom. The Hall–Kier alpha value is -1.66. The third kappa shape index (κ3) is 6.17. The lowest BCUT2D eigenvalue weighted by molar-refractivity contribution is 0.0592. The van der Waals surface area contributed by atoms with E-state index in [1.807, 2.05) is 48.5 Å². The first kappa shape index (κ1) is 23.0. The first-order chi connectivity index (χ1) is 14.1. The average molecular weight is 536 g/mol. The van der Waals surface area contributed by atoms with Crippen molar-refractivity contribution < 1.29 is 9.59 Å². The van der Waals surface area contributed by atoms with Gasteiger partial charge in [0.15, 0.2) is 0 Å². The van der Waals surface area contributed by atoms with Crippen molar-refractivity contribution in [3.05, 3.63) is 68.6 Å². The smallest absolute Gasteiger partial charge is 0.251 e. The fourth-order valence-corrected chi connectivity index (χ4v) is 5.27. The van der Waals surface area contributed by atoms with Gasteiger partial charge in [0.25, 0.3) is 11.8 Å². The molecule has 1 aliphatic rings. The van der Waals surface area contributed by atoms with Crippen LogP contribution in [0.2, 0.25) is 0 Å². The maximum absolute atomic E-state index is 12.7. The van der Waals surface area contributed by atoms with Crippen LogP contribution in [0.4, 0.5) is 0 Å². The molecule has 1 fully saturated rings. The number of halogens is 2. The molecule has 0 aliphatic heterocycles. The Labute approximate surface area is 195 Å². The lowest BCUT2D eigenvalue weighted by atomic mass is 9.62. The molecule has 0 saturated heterocycles. The van der Waals surface area contributed by atoms with Crippen molar-refractivity contribution in [2.24, 2.45) is 10.8 Å². The molecular weight excluding hydrogens is 508 g/mol. The van der Waals surface area contributed by atoms with Gasteiger partial charge in [-0.3, -0.25) is 9.59 Å². The molecule has 6 heteroatoms. The number of carbonyl (C=O) groups excluding carboxylic acids is 2. The molecule has 2 amide bonds. The Balaban J connectivity index is 1.65.